The van der Waals surface area contributed by atoms with Crippen LogP contribution in [0.25, 0.3) is 0 Å². The lowest BCUT2D eigenvalue weighted by molar-refractivity contribution is 0.227. The van der Waals surface area contributed by atoms with Gasteiger partial charge < -0.3 is 10.4 Å². The van der Waals surface area contributed by atoms with Crippen LogP contribution in [0.15, 0.2) is 30.3 Å². The van der Waals surface area contributed by atoms with Gasteiger partial charge in [0.05, 0.1) is 6.61 Å². The maximum Gasteiger partial charge on any atom is 0.0587 e. The third kappa shape index (κ3) is 5.85. The van der Waals surface area contributed by atoms with E-state index in [-0.39, 0.29) is 12.6 Å². The second kappa shape index (κ2) is 7.46. The predicted octanol–water partition coefficient (Wildman–Crippen LogP) is 2.61. The molecule has 0 heterocycles. The van der Waals surface area contributed by atoms with Crippen molar-refractivity contribution in [3.63, 3.8) is 0 Å². The van der Waals surface area contributed by atoms with Crippen LogP contribution in [0.3, 0.4) is 0 Å². The van der Waals surface area contributed by atoms with E-state index in [0.717, 1.165) is 12.8 Å². The number of nitrogens with one attached hydrogen (secondary N) is 1. The number of hydrogen-bond donors (Lipinski definition) is 2. The summed E-state index contributed by atoms with van der Waals surface area (Å²) in [5, 5.41) is 12.9. The van der Waals surface area contributed by atoms with Crippen LogP contribution in [0.2, 0.25) is 0 Å². The monoisotopic (exact) mass is 235 g/mol. The molecule has 2 nitrogen and oxygen atoms in total. The van der Waals surface area contributed by atoms with Gasteiger partial charge in [0.2, 0.25) is 0 Å². The summed E-state index contributed by atoms with van der Waals surface area (Å²) < 4.78 is 0. The second-order valence-corrected chi connectivity index (χ2v) is 5.27. The molecule has 96 valence electrons. The molecule has 0 aromatic heterocycles. The zero-order valence-electron chi connectivity index (χ0n) is 11.2. The molecule has 0 aliphatic carbocycles. The van der Waals surface area contributed by atoms with E-state index in [4.69, 9.17) is 0 Å². The Balaban J connectivity index is 2.43. The highest BCUT2D eigenvalue weighted by molar-refractivity contribution is 5.15. The SMILES string of the molecule is CC(C)CC(C)N[C@H](CO)Cc1ccccc1. The summed E-state index contributed by atoms with van der Waals surface area (Å²) in [6, 6.07) is 10.9. The minimum absolute atomic E-state index is 0.158. The van der Waals surface area contributed by atoms with E-state index in [0.29, 0.717) is 12.0 Å². The van der Waals surface area contributed by atoms with E-state index in [2.05, 4.69) is 38.2 Å². The molecule has 1 unspecified atom stereocenters. The molecule has 0 radical (unpaired) electrons. The fourth-order valence-corrected chi connectivity index (χ4v) is 2.25. The van der Waals surface area contributed by atoms with Gasteiger partial charge in [0, 0.05) is 12.1 Å². The second-order valence-electron chi connectivity index (χ2n) is 5.27. The number of aliphatic hydroxyl groups is 1. The standard InChI is InChI=1S/C15H25NO/c1-12(2)9-13(3)16-15(11-17)10-14-7-5-4-6-8-14/h4-8,12-13,15-17H,9-11H2,1-3H3/t13?,15-/m0/s1. The average Bonchev–Trinajstić information content (AvgIpc) is 2.28. The molecule has 1 aromatic rings. The van der Waals surface area contributed by atoms with E-state index in [1.165, 1.54) is 5.56 Å². The van der Waals surface area contributed by atoms with E-state index in [1.54, 1.807) is 0 Å². The Hall–Kier alpha value is -0.860. The molecule has 2 heteroatoms. The largest absolute Gasteiger partial charge is 0.395 e. The van der Waals surface area contributed by atoms with Crippen LogP contribution >= 0.6 is 0 Å². The van der Waals surface area contributed by atoms with E-state index in [9.17, 15) is 5.11 Å². The molecule has 0 bridgehead atoms. The van der Waals surface area contributed by atoms with E-state index >= 15 is 0 Å². The molecular formula is C15H25NO. The molecule has 0 aliphatic rings. The minimum Gasteiger partial charge on any atom is -0.395 e. The Morgan fingerprint density at radius 2 is 1.76 bits per heavy atom. The quantitative estimate of drug-likeness (QED) is 0.761. The highest BCUT2D eigenvalue weighted by atomic mass is 16.3. The molecule has 0 saturated carbocycles. The Labute approximate surface area is 105 Å². The molecule has 0 fully saturated rings. The van der Waals surface area contributed by atoms with Gasteiger partial charge in [-0.25, -0.2) is 0 Å². The fraction of sp³-hybridized carbons (Fsp3) is 0.600. The zero-order valence-corrected chi connectivity index (χ0v) is 11.2. The minimum atomic E-state index is 0.158. The van der Waals surface area contributed by atoms with Gasteiger partial charge in [-0.05, 0) is 31.2 Å². The van der Waals surface area contributed by atoms with Gasteiger partial charge in [0.1, 0.15) is 0 Å². The van der Waals surface area contributed by atoms with Crippen LogP contribution < -0.4 is 5.32 Å². The summed E-state index contributed by atoms with van der Waals surface area (Å²) in [4.78, 5) is 0. The first kappa shape index (κ1) is 14.2. The number of benzene rings is 1. The lowest BCUT2D eigenvalue weighted by Gasteiger charge is -2.23. The number of hydrogen-bond acceptors (Lipinski definition) is 2. The van der Waals surface area contributed by atoms with Crippen LogP contribution in [0.1, 0.15) is 32.8 Å². The van der Waals surface area contributed by atoms with Crippen molar-refractivity contribution in [2.45, 2.75) is 45.7 Å². The van der Waals surface area contributed by atoms with Crippen LogP contribution in [-0.4, -0.2) is 23.8 Å². The van der Waals surface area contributed by atoms with Gasteiger partial charge in [-0.15, -0.1) is 0 Å². The third-order valence-corrected chi connectivity index (χ3v) is 2.89. The summed E-state index contributed by atoms with van der Waals surface area (Å²) >= 11 is 0. The van der Waals surface area contributed by atoms with Crippen LogP contribution in [-0.2, 0) is 6.42 Å². The van der Waals surface area contributed by atoms with Crippen molar-refractivity contribution in [3.8, 4) is 0 Å². The summed E-state index contributed by atoms with van der Waals surface area (Å²) in [5.74, 6) is 0.688. The molecule has 0 aliphatic heterocycles. The topological polar surface area (TPSA) is 32.3 Å². The van der Waals surface area contributed by atoms with Crippen molar-refractivity contribution in [1.82, 2.24) is 5.32 Å². The lowest BCUT2D eigenvalue weighted by Crippen LogP contribution is -2.41. The van der Waals surface area contributed by atoms with Gasteiger partial charge >= 0.3 is 0 Å². The fourth-order valence-electron chi connectivity index (χ4n) is 2.25. The van der Waals surface area contributed by atoms with Crippen molar-refractivity contribution in [1.29, 1.82) is 0 Å². The summed E-state index contributed by atoms with van der Waals surface area (Å²) in [5.41, 5.74) is 1.27. The first-order valence-corrected chi connectivity index (χ1v) is 6.52. The molecular weight excluding hydrogens is 210 g/mol. The Morgan fingerprint density at radius 3 is 2.29 bits per heavy atom. The summed E-state index contributed by atoms with van der Waals surface area (Å²) in [6.45, 7) is 6.83. The maximum atomic E-state index is 9.41. The molecule has 0 amide bonds. The van der Waals surface area contributed by atoms with Gasteiger partial charge in [0.25, 0.3) is 0 Å². The highest BCUT2D eigenvalue weighted by Crippen LogP contribution is 2.07. The van der Waals surface area contributed by atoms with E-state index < -0.39 is 0 Å². The molecule has 0 saturated heterocycles. The Bertz CT molecular complexity index is 297. The number of aliphatic hydroxyl groups excluding tert-OH is 1. The van der Waals surface area contributed by atoms with E-state index in [1.807, 2.05) is 18.2 Å². The lowest BCUT2D eigenvalue weighted by atomic mass is 10.0. The summed E-state index contributed by atoms with van der Waals surface area (Å²) in [7, 11) is 0. The first-order chi connectivity index (χ1) is 8.11. The van der Waals surface area contributed by atoms with Crippen molar-refractivity contribution < 1.29 is 5.11 Å². The Kier molecular flexibility index (Phi) is 6.23. The molecule has 2 N–H and O–H groups in total. The average molecular weight is 235 g/mol. The molecule has 2 atom stereocenters. The van der Waals surface area contributed by atoms with Crippen LogP contribution in [0, 0.1) is 5.92 Å². The molecule has 1 aromatic carbocycles. The Morgan fingerprint density at radius 1 is 1.12 bits per heavy atom. The van der Waals surface area contributed by atoms with Gasteiger partial charge in [-0.1, -0.05) is 44.2 Å². The molecule has 17 heavy (non-hydrogen) atoms. The smallest absolute Gasteiger partial charge is 0.0587 e. The van der Waals surface area contributed by atoms with Crippen molar-refractivity contribution in [3.05, 3.63) is 35.9 Å². The van der Waals surface area contributed by atoms with Crippen molar-refractivity contribution in [2.24, 2.45) is 5.92 Å². The van der Waals surface area contributed by atoms with Crippen molar-refractivity contribution in [2.75, 3.05) is 6.61 Å². The van der Waals surface area contributed by atoms with Crippen LogP contribution in [0.4, 0.5) is 0 Å². The molecule has 1 rings (SSSR count). The van der Waals surface area contributed by atoms with Gasteiger partial charge in [0.15, 0.2) is 0 Å². The number of rotatable bonds is 7. The predicted molar refractivity (Wildman–Crippen MR) is 73.1 cm³/mol. The van der Waals surface area contributed by atoms with Gasteiger partial charge in [-0.2, -0.15) is 0 Å². The van der Waals surface area contributed by atoms with Gasteiger partial charge in [-0.3, -0.25) is 0 Å². The van der Waals surface area contributed by atoms with Crippen molar-refractivity contribution >= 4 is 0 Å². The highest BCUT2D eigenvalue weighted by Gasteiger charge is 2.12. The third-order valence-electron chi connectivity index (χ3n) is 2.89. The van der Waals surface area contributed by atoms with Crippen LogP contribution in [0.5, 0.6) is 0 Å². The normalized spacial score (nSPS) is 14.9. The first-order valence-electron chi connectivity index (χ1n) is 6.52. The maximum absolute atomic E-state index is 9.41. The molecule has 0 spiro atoms. The zero-order chi connectivity index (χ0) is 12.7. The summed E-state index contributed by atoms with van der Waals surface area (Å²) in [6.07, 6.45) is 2.03.